The zero-order valence-electron chi connectivity index (χ0n) is 19.0. The zero-order chi connectivity index (χ0) is 25.0. The number of nitrogens with one attached hydrogen (secondary N) is 1. The van der Waals surface area contributed by atoms with Crippen molar-refractivity contribution in [3.63, 3.8) is 0 Å². The Bertz CT molecular complexity index is 1350. The van der Waals surface area contributed by atoms with Crippen molar-refractivity contribution in [3.05, 3.63) is 78.1 Å². The molecule has 0 fully saturated rings. The van der Waals surface area contributed by atoms with E-state index in [-0.39, 0.29) is 6.61 Å². The van der Waals surface area contributed by atoms with Crippen molar-refractivity contribution in [3.8, 4) is 17.2 Å². The summed E-state index contributed by atoms with van der Waals surface area (Å²) in [5.41, 5.74) is 1.22. The SMILES string of the molecule is FC(F)(F)c1ccc(COc2ccccc2Nc2ncnc3cc4c(cc23)OCCOCCO4)cc1. The van der Waals surface area contributed by atoms with Gasteiger partial charge in [0.25, 0.3) is 0 Å². The first-order valence-corrected chi connectivity index (χ1v) is 11.2. The maximum Gasteiger partial charge on any atom is 0.416 e. The molecular formula is C26H22F3N3O4. The quantitative estimate of drug-likeness (QED) is 0.376. The maximum absolute atomic E-state index is 12.8. The van der Waals surface area contributed by atoms with Gasteiger partial charge >= 0.3 is 6.18 Å². The average Bonchev–Trinajstić information content (AvgIpc) is 2.99. The number of fused-ring (bicyclic) bond motifs is 2. The van der Waals surface area contributed by atoms with Crippen molar-refractivity contribution >= 4 is 22.4 Å². The van der Waals surface area contributed by atoms with Crippen LogP contribution >= 0.6 is 0 Å². The Morgan fingerprint density at radius 1 is 0.861 bits per heavy atom. The van der Waals surface area contributed by atoms with Gasteiger partial charge in [-0.2, -0.15) is 13.2 Å². The summed E-state index contributed by atoms with van der Waals surface area (Å²) in [7, 11) is 0. The summed E-state index contributed by atoms with van der Waals surface area (Å²) in [5.74, 6) is 2.20. The lowest BCUT2D eigenvalue weighted by Gasteiger charge is -2.16. The van der Waals surface area contributed by atoms with Crippen LogP contribution in [-0.4, -0.2) is 36.4 Å². The van der Waals surface area contributed by atoms with Gasteiger partial charge in [0.05, 0.1) is 30.0 Å². The molecule has 0 amide bonds. The van der Waals surface area contributed by atoms with Gasteiger partial charge in [-0.25, -0.2) is 9.97 Å². The van der Waals surface area contributed by atoms with E-state index in [0.29, 0.717) is 66.3 Å². The largest absolute Gasteiger partial charge is 0.487 e. The summed E-state index contributed by atoms with van der Waals surface area (Å²) >= 11 is 0. The van der Waals surface area contributed by atoms with Crippen LogP contribution in [0.2, 0.25) is 0 Å². The predicted octanol–water partition coefficient (Wildman–Crippen LogP) is 5.76. The summed E-state index contributed by atoms with van der Waals surface area (Å²) in [5, 5.41) is 4.00. The lowest BCUT2D eigenvalue weighted by Crippen LogP contribution is -2.08. The van der Waals surface area contributed by atoms with E-state index in [1.807, 2.05) is 24.3 Å². The molecule has 1 aliphatic rings. The number of hydrogen-bond acceptors (Lipinski definition) is 7. The fraction of sp³-hybridized carbons (Fsp3) is 0.231. The third kappa shape index (κ3) is 5.44. The van der Waals surface area contributed by atoms with E-state index in [1.165, 1.54) is 18.5 Å². The molecule has 0 radical (unpaired) electrons. The Morgan fingerprint density at radius 3 is 2.33 bits per heavy atom. The molecule has 10 heteroatoms. The van der Waals surface area contributed by atoms with Crippen molar-refractivity contribution in [1.29, 1.82) is 0 Å². The number of ether oxygens (including phenoxy) is 4. The number of para-hydroxylation sites is 2. The Kier molecular flexibility index (Phi) is 6.77. The van der Waals surface area contributed by atoms with Gasteiger partial charge in [-0.05, 0) is 35.9 Å². The van der Waals surface area contributed by atoms with Crippen LogP contribution in [0.4, 0.5) is 24.7 Å². The van der Waals surface area contributed by atoms with Gasteiger partial charge in [-0.15, -0.1) is 0 Å². The first-order valence-electron chi connectivity index (χ1n) is 11.2. The normalized spacial score (nSPS) is 14.0. The zero-order valence-corrected chi connectivity index (χ0v) is 19.0. The van der Waals surface area contributed by atoms with E-state index in [0.717, 1.165) is 17.5 Å². The first-order chi connectivity index (χ1) is 17.5. The van der Waals surface area contributed by atoms with Crippen LogP contribution in [0.1, 0.15) is 11.1 Å². The van der Waals surface area contributed by atoms with Gasteiger partial charge in [0.1, 0.15) is 37.7 Å². The molecule has 2 heterocycles. The molecule has 0 atom stereocenters. The third-order valence-corrected chi connectivity index (χ3v) is 5.49. The highest BCUT2D eigenvalue weighted by Gasteiger charge is 2.29. The number of nitrogens with zero attached hydrogens (tertiary/aromatic N) is 2. The van der Waals surface area contributed by atoms with Crippen molar-refractivity contribution in [1.82, 2.24) is 9.97 Å². The number of halogens is 3. The van der Waals surface area contributed by atoms with Crippen LogP contribution in [0, 0.1) is 0 Å². The molecule has 7 nitrogen and oxygen atoms in total. The van der Waals surface area contributed by atoms with Crippen LogP contribution in [0.5, 0.6) is 17.2 Å². The topological polar surface area (TPSA) is 74.7 Å². The Labute approximate surface area is 204 Å². The monoisotopic (exact) mass is 497 g/mol. The highest BCUT2D eigenvalue weighted by atomic mass is 19.4. The Balaban J connectivity index is 1.38. The van der Waals surface area contributed by atoms with Crippen LogP contribution in [-0.2, 0) is 17.5 Å². The van der Waals surface area contributed by atoms with Gasteiger partial charge < -0.3 is 24.3 Å². The van der Waals surface area contributed by atoms with Crippen LogP contribution in [0.3, 0.4) is 0 Å². The average molecular weight is 497 g/mol. The number of hydrogen-bond donors (Lipinski definition) is 1. The Morgan fingerprint density at radius 2 is 1.58 bits per heavy atom. The molecule has 1 aromatic heterocycles. The van der Waals surface area contributed by atoms with Gasteiger partial charge in [0.15, 0.2) is 11.5 Å². The molecular weight excluding hydrogens is 475 g/mol. The summed E-state index contributed by atoms with van der Waals surface area (Å²) < 4.78 is 61.4. The van der Waals surface area contributed by atoms with E-state index >= 15 is 0 Å². The van der Waals surface area contributed by atoms with Gasteiger partial charge in [0, 0.05) is 11.5 Å². The Hall–Kier alpha value is -4.05. The molecule has 5 rings (SSSR count). The number of alkyl halides is 3. The maximum atomic E-state index is 12.8. The molecule has 1 N–H and O–H groups in total. The fourth-order valence-corrected chi connectivity index (χ4v) is 3.69. The molecule has 0 aliphatic carbocycles. The number of anilines is 2. The van der Waals surface area contributed by atoms with Gasteiger partial charge in [0.2, 0.25) is 0 Å². The minimum absolute atomic E-state index is 0.0993. The minimum atomic E-state index is -4.38. The molecule has 186 valence electrons. The van der Waals surface area contributed by atoms with Crippen molar-refractivity contribution in [2.45, 2.75) is 12.8 Å². The second-order valence-corrected chi connectivity index (χ2v) is 7.95. The number of rotatable bonds is 5. The van der Waals surface area contributed by atoms with Crippen LogP contribution < -0.4 is 19.5 Å². The molecule has 3 aromatic carbocycles. The third-order valence-electron chi connectivity index (χ3n) is 5.49. The highest BCUT2D eigenvalue weighted by molar-refractivity contribution is 5.93. The number of aromatic nitrogens is 2. The van der Waals surface area contributed by atoms with E-state index in [2.05, 4.69) is 15.3 Å². The van der Waals surface area contributed by atoms with E-state index in [4.69, 9.17) is 18.9 Å². The predicted molar refractivity (Wildman–Crippen MR) is 127 cm³/mol. The number of benzene rings is 3. The molecule has 0 spiro atoms. The molecule has 0 saturated heterocycles. The summed E-state index contributed by atoms with van der Waals surface area (Å²) in [6, 6.07) is 15.8. The van der Waals surface area contributed by atoms with Crippen molar-refractivity contribution in [2.24, 2.45) is 0 Å². The molecule has 1 aliphatic heterocycles. The fourth-order valence-electron chi connectivity index (χ4n) is 3.69. The van der Waals surface area contributed by atoms with Crippen LogP contribution in [0.15, 0.2) is 67.0 Å². The molecule has 0 bridgehead atoms. The van der Waals surface area contributed by atoms with Crippen molar-refractivity contribution < 1.29 is 32.1 Å². The molecule has 36 heavy (non-hydrogen) atoms. The van der Waals surface area contributed by atoms with Crippen molar-refractivity contribution in [2.75, 3.05) is 31.7 Å². The van der Waals surface area contributed by atoms with E-state index < -0.39 is 11.7 Å². The van der Waals surface area contributed by atoms with E-state index in [1.54, 1.807) is 12.1 Å². The second-order valence-electron chi connectivity index (χ2n) is 7.95. The summed E-state index contributed by atoms with van der Waals surface area (Å²) in [6.07, 6.45) is -2.93. The standard InChI is InChI=1S/C26H22F3N3O4/c27-26(28,29)18-7-5-17(6-8-18)15-36-22-4-2-1-3-20(22)32-25-19-13-23-24(14-21(19)30-16-31-25)35-12-10-33-9-11-34-23/h1-8,13-14,16H,9-12,15H2,(H,30,31,32). The lowest BCUT2D eigenvalue weighted by molar-refractivity contribution is -0.137. The second kappa shape index (κ2) is 10.3. The lowest BCUT2D eigenvalue weighted by atomic mass is 10.1. The molecule has 0 unspecified atom stereocenters. The highest BCUT2D eigenvalue weighted by Crippen LogP contribution is 2.36. The van der Waals surface area contributed by atoms with E-state index in [9.17, 15) is 13.2 Å². The smallest absolute Gasteiger partial charge is 0.416 e. The minimum Gasteiger partial charge on any atom is -0.487 e. The van der Waals surface area contributed by atoms with Gasteiger partial charge in [-0.1, -0.05) is 24.3 Å². The summed E-state index contributed by atoms with van der Waals surface area (Å²) in [6.45, 7) is 1.82. The van der Waals surface area contributed by atoms with Crippen LogP contribution in [0.25, 0.3) is 10.9 Å². The van der Waals surface area contributed by atoms with Gasteiger partial charge in [-0.3, -0.25) is 0 Å². The first kappa shape index (κ1) is 23.7. The molecule has 0 saturated carbocycles. The molecule has 4 aromatic rings. The summed E-state index contributed by atoms with van der Waals surface area (Å²) in [4.78, 5) is 8.76.